The summed E-state index contributed by atoms with van der Waals surface area (Å²) >= 11 is 1.51. The highest BCUT2D eigenvalue weighted by molar-refractivity contribution is 7.98. The van der Waals surface area contributed by atoms with Crippen LogP contribution >= 0.6 is 11.8 Å². The van der Waals surface area contributed by atoms with E-state index in [1.165, 1.54) is 22.7 Å². The largest absolute Gasteiger partial charge is 0.294 e. The zero-order chi connectivity index (χ0) is 20.4. The van der Waals surface area contributed by atoms with E-state index >= 15 is 0 Å². The van der Waals surface area contributed by atoms with Gasteiger partial charge in [0.25, 0.3) is 10.0 Å². The quantitative estimate of drug-likeness (QED) is 0.310. The maximum Gasteiger partial charge on any atom is 0.268 e. The number of ketones is 1. The van der Waals surface area contributed by atoms with Gasteiger partial charge in [0.15, 0.2) is 5.78 Å². The second-order valence-corrected chi connectivity index (χ2v) is 9.41. The van der Waals surface area contributed by atoms with Gasteiger partial charge in [0.05, 0.1) is 16.1 Å². The average Bonchev–Trinajstić information content (AvgIpc) is 3.08. The van der Waals surface area contributed by atoms with Gasteiger partial charge in [-0.2, -0.15) is 0 Å². The number of hydrogen-bond acceptors (Lipinski definition) is 4. The summed E-state index contributed by atoms with van der Waals surface area (Å²) in [4.78, 5) is 13.8. The molecule has 0 aliphatic heterocycles. The van der Waals surface area contributed by atoms with Crippen LogP contribution in [0, 0.1) is 0 Å². The molecule has 146 valence electrons. The van der Waals surface area contributed by atoms with Crippen LogP contribution in [0.5, 0.6) is 0 Å². The van der Waals surface area contributed by atoms with Crippen LogP contribution in [0.4, 0.5) is 0 Å². The Morgan fingerprint density at radius 1 is 0.862 bits per heavy atom. The van der Waals surface area contributed by atoms with Crippen LogP contribution in [0.1, 0.15) is 23.0 Å². The van der Waals surface area contributed by atoms with Gasteiger partial charge >= 0.3 is 0 Å². The lowest BCUT2D eigenvalue weighted by Gasteiger charge is -2.13. The normalized spacial score (nSPS) is 11.6. The first-order chi connectivity index (χ1) is 14.0. The minimum atomic E-state index is -3.86. The van der Waals surface area contributed by atoms with Gasteiger partial charge in [-0.3, -0.25) is 4.79 Å². The summed E-state index contributed by atoms with van der Waals surface area (Å²) in [6.45, 7) is 1.48. The number of thioether (sulfide) groups is 1. The Hall–Kier alpha value is -2.83. The summed E-state index contributed by atoms with van der Waals surface area (Å²) in [6.07, 6.45) is 0. The molecule has 0 spiro atoms. The van der Waals surface area contributed by atoms with Crippen LogP contribution in [0.3, 0.4) is 0 Å². The lowest BCUT2D eigenvalue weighted by Crippen LogP contribution is -2.16. The molecular weight excluding hydrogens is 402 g/mol. The average molecular weight is 422 g/mol. The van der Waals surface area contributed by atoms with Crippen molar-refractivity contribution in [2.45, 2.75) is 22.5 Å². The predicted octanol–water partition coefficient (Wildman–Crippen LogP) is 5.37. The molecule has 4 nitrogen and oxygen atoms in total. The van der Waals surface area contributed by atoms with E-state index < -0.39 is 10.0 Å². The molecule has 0 radical (unpaired) electrons. The summed E-state index contributed by atoms with van der Waals surface area (Å²) in [5.74, 6) is 0.214. The van der Waals surface area contributed by atoms with E-state index in [9.17, 15) is 13.2 Å². The highest BCUT2D eigenvalue weighted by atomic mass is 32.2. The Kier molecular flexibility index (Phi) is 5.30. The van der Waals surface area contributed by atoms with Crippen molar-refractivity contribution in [2.75, 3.05) is 0 Å². The molecule has 0 fully saturated rings. The van der Waals surface area contributed by atoms with Crippen molar-refractivity contribution in [1.82, 2.24) is 3.97 Å². The minimum Gasteiger partial charge on any atom is -0.294 e. The second-order valence-electron chi connectivity index (χ2n) is 6.58. The smallest absolute Gasteiger partial charge is 0.268 e. The summed E-state index contributed by atoms with van der Waals surface area (Å²) in [5, 5.41) is 0.656. The predicted molar refractivity (Wildman–Crippen MR) is 117 cm³/mol. The number of para-hydroxylation sites is 1. The van der Waals surface area contributed by atoms with Crippen LogP contribution in [0.15, 0.2) is 94.7 Å². The van der Waals surface area contributed by atoms with Gasteiger partial charge in [-0.05, 0) is 37.3 Å². The molecule has 1 heterocycles. The van der Waals surface area contributed by atoms with Crippen molar-refractivity contribution < 1.29 is 13.2 Å². The van der Waals surface area contributed by atoms with Crippen LogP contribution in [0.2, 0.25) is 0 Å². The molecule has 4 aromatic rings. The topological polar surface area (TPSA) is 56.1 Å². The fraction of sp³-hybridized carbons (Fsp3) is 0.0870. The van der Waals surface area contributed by atoms with Crippen LogP contribution in [0.25, 0.3) is 10.9 Å². The number of Topliss-reactive ketones (excluding diaryl/α,β-unsaturated/α-hetero) is 1. The van der Waals surface area contributed by atoms with Gasteiger partial charge in [-0.15, -0.1) is 11.8 Å². The van der Waals surface area contributed by atoms with Gasteiger partial charge in [-0.25, -0.2) is 12.4 Å². The Bertz CT molecular complexity index is 1280. The van der Waals surface area contributed by atoms with E-state index in [0.717, 1.165) is 4.90 Å². The molecule has 0 aliphatic carbocycles. The van der Waals surface area contributed by atoms with E-state index in [2.05, 4.69) is 0 Å². The molecule has 0 saturated carbocycles. The van der Waals surface area contributed by atoms with E-state index in [1.54, 1.807) is 48.5 Å². The third kappa shape index (κ3) is 3.61. The fourth-order valence-electron chi connectivity index (χ4n) is 3.43. The summed E-state index contributed by atoms with van der Waals surface area (Å²) in [7, 11) is -3.86. The van der Waals surface area contributed by atoms with Gasteiger partial charge in [-0.1, -0.05) is 54.6 Å². The monoisotopic (exact) mass is 421 g/mol. The van der Waals surface area contributed by atoms with Crippen molar-refractivity contribution in [1.29, 1.82) is 0 Å². The first-order valence-electron chi connectivity index (χ1n) is 9.12. The van der Waals surface area contributed by atoms with E-state index in [0.29, 0.717) is 27.9 Å². The van der Waals surface area contributed by atoms with Crippen LogP contribution in [-0.4, -0.2) is 18.2 Å². The summed E-state index contributed by atoms with van der Waals surface area (Å²) < 4.78 is 28.5. The molecule has 0 N–H and O–H groups in total. The van der Waals surface area contributed by atoms with Gasteiger partial charge < -0.3 is 0 Å². The Morgan fingerprint density at radius 2 is 1.45 bits per heavy atom. The van der Waals surface area contributed by atoms with Crippen molar-refractivity contribution in [3.8, 4) is 0 Å². The van der Waals surface area contributed by atoms with Crippen molar-refractivity contribution >= 4 is 38.5 Å². The Morgan fingerprint density at radius 3 is 2.10 bits per heavy atom. The Balaban J connectivity index is 1.96. The highest BCUT2D eigenvalue weighted by Gasteiger charge is 2.28. The molecule has 0 amide bonds. The van der Waals surface area contributed by atoms with Gasteiger partial charge in [0, 0.05) is 21.6 Å². The third-order valence-corrected chi connectivity index (χ3v) is 7.47. The molecule has 3 aromatic carbocycles. The zero-order valence-electron chi connectivity index (χ0n) is 15.8. The van der Waals surface area contributed by atoms with E-state index in [4.69, 9.17) is 0 Å². The maximum atomic E-state index is 13.6. The molecule has 0 atom stereocenters. The number of rotatable bonds is 6. The number of hydrogen-bond donors (Lipinski definition) is 0. The van der Waals surface area contributed by atoms with E-state index in [1.807, 2.05) is 36.4 Å². The SMILES string of the molecule is CC(=O)c1c(CSc2ccccc2)n(S(=O)(=O)c2ccccc2)c2ccccc12. The number of carbonyl (C=O) groups excluding carboxylic acids is 1. The maximum absolute atomic E-state index is 13.6. The fourth-order valence-corrected chi connectivity index (χ4v) is 6.01. The van der Waals surface area contributed by atoms with E-state index in [-0.39, 0.29) is 10.7 Å². The molecule has 6 heteroatoms. The molecule has 0 unspecified atom stereocenters. The van der Waals surface area contributed by atoms with Crippen molar-refractivity contribution in [3.05, 3.63) is 96.2 Å². The highest BCUT2D eigenvalue weighted by Crippen LogP contribution is 2.34. The van der Waals surface area contributed by atoms with Crippen LogP contribution < -0.4 is 0 Å². The molecule has 0 saturated heterocycles. The zero-order valence-corrected chi connectivity index (χ0v) is 17.4. The number of benzene rings is 3. The molecular formula is C23H19NO3S2. The summed E-state index contributed by atoms with van der Waals surface area (Å²) in [6, 6.07) is 25.2. The molecule has 29 heavy (non-hydrogen) atoms. The van der Waals surface area contributed by atoms with Gasteiger partial charge in [0.2, 0.25) is 0 Å². The Labute approximate surface area is 174 Å². The van der Waals surface area contributed by atoms with Gasteiger partial charge in [0.1, 0.15) is 0 Å². The second kappa shape index (κ2) is 7.89. The van der Waals surface area contributed by atoms with Crippen molar-refractivity contribution in [2.24, 2.45) is 0 Å². The number of carbonyl (C=O) groups is 1. The van der Waals surface area contributed by atoms with Crippen LogP contribution in [-0.2, 0) is 15.8 Å². The first kappa shape index (κ1) is 19.5. The molecule has 4 rings (SSSR count). The molecule has 0 aliphatic rings. The first-order valence-corrected chi connectivity index (χ1v) is 11.5. The van der Waals surface area contributed by atoms with Crippen molar-refractivity contribution in [3.63, 3.8) is 0 Å². The number of aromatic nitrogens is 1. The lowest BCUT2D eigenvalue weighted by molar-refractivity contribution is 0.101. The number of nitrogens with zero attached hydrogens (tertiary/aromatic N) is 1. The molecule has 1 aromatic heterocycles. The number of fused-ring (bicyclic) bond motifs is 1. The lowest BCUT2D eigenvalue weighted by atomic mass is 10.1. The third-order valence-electron chi connectivity index (χ3n) is 4.68. The summed E-state index contributed by atoms with van der Waals surface area (Å²) in [5.41, 5.74) is 1.48. The standard InChI is InChI=1S/C23H19NO3S2/c1-17(25)23-20-14-8-9-15-21(20)24(29(26,27)19-12-6-3-7-13-19)22(23)16-28-18-10-4-2-5-11-18/h2-15H,16H2,1H3. The molecule has 0 bridgehead atoms. The minimum absolute atomic E-state index is 0.146.